The van der Waals surface area contributed by atoms with E-state index in [9.17, 15) is 9.59 Å². The number of hydrogen-bond donors (Lipinski definition) is 0. The molecule has 0 bridgehead atoms. The van der Waals surface area contributed by atoms with E-state index >= 15 is 0 Å². The molecular formula is C23H34N2O3. The summed E-state index contributed by atoms with van der Waals surface area (Å²) < 4.78 is 5.61. The minimum absolute atomic E-state index is 0.153. The van der Waals surface area contributed by atoms with Gasteiger partial charge in [-0.05, 0) is 37.7 Å². The lowest BCUT2D eigenvalue weighted by atomic mass is 9.82. The number of methoxy groups -OCH3 is 1. The maximum Gasteiger partial charge on any atom is 0.228 e. The number of likely N-dealkylation sites (tertiary alicyclic amines) is 2. The molecule has 0 saturated carbocycles. The van der Waals surface area contributed by atoms with Crippen LogP contribution in [0.15, 0.2) is 24.3 Å². The third kappa shape index (κ3) is 4.34. The summed E-state index contributed by atoms with van der Waals surface area (Å²) in [5.74, 6) is 1.61. The highest BCUT2D eigenvalue weighted by atomic mass is 16.5. The monoisotopic (exact) mass is 386 g/mol. The maximum atomic E-state index is 13.5. The van der Waals surface area contributed by atoms with Crippen molar-refractivity contribution in [3.63, 3.8) is 0 Å². The fraction of sp³-hybridized carbons (Fsp3) is 0.652. The quantitative estimate of drug-likeness (QED) is 0.742. The Labute approximate surface area is 169 Å². The lowest BCUT2D eigenvalue weighted by Crippen LogP contribution is -2.50. The first kappa shape index (κ1) is 20.7. The Morgan fingerprint density at radius 2 is 1.89 bits per heavy atom. The SMILES string of the molecule is CCCCN1C(=O)CCC(C(=O)N2CCC(C)CC2)C1c1ccccc1OC. The van der Waals surface area contributed by atoms with E-state index in [2.05, 4.69) is 13.8 Å². The number of ether oxygens (including phenoxy) is 1. The average molecular weight is 387 g/mol. The molecule has 0 aliphatic carbocycles. The van der Waals surface area contributed by atoms with E-state index in [1.165, 1.54) is 0 Å². The van der Waals surface area contributed by atoms with Gasteiger partial charge in [0.05, 0.1) is 19.1 Å². The van der Waals surface area contributed by atoms with Gasteiger partial charge in [-0.1, -0.05) is 38.5 Å². The van der Waals surface area contributed by atoms with Crippen molar-refractivity contribution in [1.29, 1.82) is 0 Å². The number of piperidine rings is 2. The summed E-state index contributed by atoms with van der Waals surface area (Å²) in [6.45, 7) is 6.74. The fourth-order valence-corrected chi connectivity index (χ4v) is 4.56. The Hall–Kier alpha value is -2.04. The van der Waals surface area contributed by atoms with Crippen molar-refractivity contribution in [1.82, 2.24) is 9.80 Å². The van der Waals surface area contributed by atoms with Gasteiger partial charge in [-0.2, -0.15) is 0 Å². The van der Waals surface area contributed by atoms with Crippen LogP contribution in [0.4, 0.5) is 0 Å². The van der Waals surface area contributed by atoms with Gasteiger partial charge in [-0.15, -0.1) is 0 Å². The number of nitrogens with zero attached hydrogens (tertiary/aromatic N) is 2. The van der Waals surface area contributed by atoms with E-state index in [-0.39, 0.29) is 23.8 Å². The molecule has 5 heteroatoms. The Morgan fingerprint density at radius 3 is 2.57 bits per heavy atom. The minimum Gasteiger partial charge on any atom is -0.496 e. The molecule has 2 fully saturated rings. The first-order chi connectivity index (χ1) is 13.6. The fourth-order valence-electron chi connectivity index (χ4n) is 4.56. The van der Waals surface area contributed by atoms with Crippen LogP contribution >= 0.6 is 0 Å². The van der Waals surface area contributed by atoms with Crippen LogP contribution in [0.25, 0.3) is 0 Å². The Kier molecular flexibility index (Phi) is 6.97. The van der Waals surface area contributed by atoms with Crippen LogP contribution in [-0.2, 0) is 9.59 Å². The zero-order valence-corrected chi connectivity index (χ0v) is 17.5. The third-order valence-electron chi connectivity index (χ3n) is 6.33. The highest BCUT2D eigenvalue weighted by molar-refractivity contribution is 5.85. The highest BCUT2D eigenvalue weighted by Crippen LogP contribution is 2.42. The van der Waals surface area contributed by atoms with E-state index in [1.54, 1.807) is 7.11 Å². The van der Waals surface area contributed by atoms with Crippen LogP contribution in [0, 0.1) is 11.8 Å². The molecule has 0 radical (unpaired) electrons. The molecule has 2 saturated heterocycles. The van der Waals surface area contributed by atoms with Gasteiger partial charge in [0.25, 0.3) is 0 Å². The second-order valence-corrected chi connectivity index (χ2v) is 8.28. The van der Waals surface area contributed by atoms with Crippen LogP contribution in [0.3, 0.4) is 0 Å². The minimum atomic E-state index is -0.240. The van der Waals surface area contributed by atoms with Gasteiger partial charge in [-0.25, -0.2) is 0 Å². The standard InChI is InChI=1S/C23H34N2O3/c1-4-5-14-25-21(26)11-10-19(23(27)24-15-12-17(2)13-16-24)22(25)18-8-6-7-9-20(18)28-3/h6-9,17,19,22H,4-5,10-16H2,1-3H3. The van der Waals surface area contributed by atoms with Crippen LogP contribution < -0.4 is 4.74 Å². The molecule has 5 nitrogen and oxygen atoms in total. The van der Waals surface area contributed by atoms with Gasteiger partial charge in [-0.3, -0.25) is 9.59 Å². The molecule has 0 spiro atoms. The molecule has 1 aromatic rings. The van der Waals surface area contributed by atoms with Crippen molar-refractivity contribution in [2.75, 3.05) is 26.7 Å². The summed E-state index contributed by atoms with van der Waals surface area (Å²) in [6.07, 6.45) is 5.17. The number of carbonyl (C=O) groups is 2. The number of hydrogen-bond acceptors (Lipinski definition) is 3. The van der Waals surface area contributed by atoms with E-state index in [1.807, 2.05) is 34.1 Å². The molecule has 2 aliphatic heterocycles. The molecule has 1 aromatic carbocycles. The number of carbonyl (C=O) groups excluding carboxylic acids is 2. The number of rotatable bonds is 6. The van der Waals surface area contributed by atoms with Gasteiger partial charge in [0, 0.05) is 31.6 Å². The third-order valence-corrected chi connectivity index (χ3v) is 6.33. The largest absolute Gasteiger partial charge is 0.496 e. The number of benzene rings is 1. The summed E-state index contributed by atoms with van der Waals surface area (Å²) in [5, 5.41) is 0. The molecule has 0 N–H and O–H groups in total. The van der Waals surface area contributed by atoms with E-state index < -0.39 is 0 Å². The normalized spacial score (nSPS) is 23.8. The highest BCUT2D eigenvalue weighted by Gasteiger charge is 2.43. The maximum absolute atomic E-state index is 13.5. The summed E-state index contributed by atoms with van der Waals surface area (Å²) in [6, 6.07) is 7.61. The van der Waals surface area contributed by atoms with Crippen molar-refractivity contribution >= 4 is 11.8 Å². The number of unbranched alkanes of at least 4 members (excludes halogenated alkanes) is 1. The molecule has 0 aromatic heterocycles. The number of amides is 2. The Morgan fingerprint density at radius 1 is 1.18 bits per heavy atom. The molecular weight excluding hydrogens is 352 g/mol. The van der Waals surface area contributed by atoms with Gasteiger partial charge >= 0.3 is 0 Å². The van der Waals surface area contributed by atoms with Crippen molar-refractivity contribution in [2.45, 2.75) is 58.4 Å². The Bertz CT molecular complexity index is 682. The van der Waals surface area contributed by atoms with E-state index in [0.717, 1.165) is 50.1 Å². The molecule has 2 unspecified atom stereocenters. The molecule has 2 heterocycles. The second kappa shape index (κ2) is 9.44. The summed E-state index contributed by atoms with van der Waals surface area (Å²) in [5.41, 5.74) is 0.956. The van der Waals surface area contributed by atoms with Gasteiger partial charge in [0.1, 0.15) is 5.75 Å². The predicted molar refractivity (Wildman–Crippen MR) is 110 cm³/mol. The van der Waals surface area contributed by atoms with Gasteiger partial charge in [0.15, 0.2) is 0 Å². The Balaban J connectivity index is 1.94. The first-order valence-corrected chi connectivity index (χ1v) is 10.8. The van der Waals surface area contributed by atoms with Crippen LogP contribution in [0.5, 0.6) is 5.75 Å². The molecule has 2 amide bonds. The van der Waals surface area contributed by atoms with Crippen molar-refractivity contribution in [3.8, 4) is 5.75 Å². The lowest BCUT2D eigenvalue weighted by Gasteiger charge is -2.43. The molecule has 154 valence electrons. The first-order valence-electron chi connectivity index (χ1n) is 10.8. The van der Waals surface area contributed by atoms with Crippen LogP contribution in [0.2, 0.25) is 0 Å². The smallest absolute Gasteiger partial charge is 0.228 e. The van der Waals surface area contributed by atoms with Gasteiger partial charge < -0.3 is 14.5 Å². The van der Waals surface area contributed by atoms with Crippen molar-refractivity contribution in [2.24, 2.45) is 11.8 Å². The predicted octanol–water partition coefficient (Wildman–Crippen LogP) is 4.03. The lowest BCUT2D eigenvalue weighted by molar-refractivity contribution is -0.149. The van der Waals surface area contributed by atoms with Crippen LogP contribution in [0.1, 0.15) is 64.0 Å². The summed E-state index contributed by atoms with van der Waals surface area (Å²) >= 11 is 0. The van der Waals surface area contributed by atoms with Crippen molar-refractivity contribution in [3.05, 3.63) is 29.8 Å². The molecule has 3 rings (SSSR count). The summed E-state index contributed by atoms with van der Waals surface area (Å²) in [4.78, 5) is 30.3. The van der Waals surface area contributed by atoms with E-state index in [0.29, 0.717) is 25.3 Å². The molecule has 28 heavy (non-hydrogen) atoms. The molecule has 2 aliphatic rings. The van der Waals surface area contributed by atoms with Gasteiger partial charge in [0.2, 0.25) is 11.8 Å². The number of para-hydroxylation sites is 1. The summed E-state index contributed by atoms with van der Waals surface area (Å²) in [7, 11) is 1.66. The second-order valence-electron chi connectivity index (χ2n) is 8.28. The van der Waals surface area contributed by atoms with Crippen molar-refractivity contribution < 1.29 is 14.3 Å². The average Bonchev–Trinajstić information content (AvgIpc) is 2.72. The topological polar surface area (TPSA) is 49.9 Å². The zero-order chi connectivity index (χ0) is 20.1. The molecule has 2 atom stereocenters. The zero-order valence-electron chi connectivity index (χ0n) is 17.5. The van der Waals surface area contributed by atoms with Crippen LogP contribution in [-0.4, -0.2) is 48.4 Å². The van der Waals surface area contributed by atoms with E-state index in [4.69, 9.17) is 4.74 Å².